The van der Waals surface area contributed by atoms with Gasteiger partial charge in [-0.2, -0.15) is 5.26 Å². The molecule has 1 amide bonds. The molecule has 2 aromatic carbocycles. The van der Waals surface area contributed by atoms with Gasteiger partial charge in [0.2, 0.25) is 0 Å². The Morgan fingerprint density at radius 1 is 1.23 bits per heavy atom. The molecule has 4 heteroatoms. The number of benzene rings is 2. The molecule has 0 saturated carbocycles. The van der Waals surface area contributed by atoms with E-state index in [4.69, 9.17) is 0 Å². The van der Waals surface area contributed by atoms with E-state index in [-0.39, 0.29) is 5.91 Å². The number of amides is 1. The topological polar surface area (TPSA) is 47.3 Å². The monoisotopic (exact) mass is 293 g/mol. The molecule has 1 atom stereocenters. The Bertz CT molecular complexity index is 761. The van der Waals surface area contributed by atoms with Crippen LogP contribution in [0.25, 0.3) is 10.8 Å². The zero-order valence-electron chi connectivity index (χ0n) is 12.9. The normalized spacial score (nSPS) is 17.1. The van der Waals surface area contributed by atoms with Crippen LogP contribution < -0.4 is 0 Å². The predicted molar refractivity (Wildman–Crippen MR) is 86.5 cm³/mol. The van der Waals surface area contributed by atoms with Gasteiger partial charge in [0.05, 0.1) is 11.6 Å². The maximum Gasteiger partial charge on any atom is 0.256 e. The molecule has 0 spiro atoms. The van der Waals surface area contributed by atoms with Crippen molar-refractivity contribution in [2.75, 3.05) is 27.2 Å². The van der Waals surface area contributed by atoms with E-state index in [1.165, 1.54) is 0 Å². The lowest BCUT2D eigenvalue weighted by Crippen LogP contribution is -2.30. The van der Waals surface area contributed by atoms with Crippen LogP contribution in [0.4, 0.5) is 0 Å². The first kappa shape index (κ1) is 14.6. The maximum absolute atomic E-state index is 12.8. The Kier molecular flexibility index (Phi) is 3.82. The molecule has 1 aliphatic rings. The lowest BCUT2D eigenvalue weighted by Gasteiger charge is -2.21. The van der Waals surface area contributed by atoms with E-state index in [9.17, 15) is 10.1 Å². The highest BCUT2D eigenvalue weighted by atomic mass is 16.2. The molecular weight excluding hydrogens is 274 g/mol. The van der Waals surface area contributed by atoms with Crippen molar-refractivity contribution in [3.05, 3.63) is 47.5 Å². The summed E-state index contributed by atoms with van der Waals surface area (Å²) in [7, 11) is 4.02. The van der Waals surface area contributed by atoms with Gasteiger partial charge in [0, 0.05) is 12.1 Å². The molecule has 112 valence electrons. The number of carbonyl (C=O) groups excluding carboxylic acids is 1. The van der Waals surface area contributed by atoms with E-state index in [0.29, 0.717) is 12.1 Å². The molecule has 1 unspecified atom stereocenters. The van der Waals surface area contributed by atoms with Crippen molar-refractivity contribution in [3.8, 4) is 6.07 Å². The lowest BCUT2D eigenvalue weighted by molar-refractivity contribution is 0.0753. The molecule has 1 heterocycles. The van der Waals surface area contributed by atoms with Gasteiger partial charge in [-0.25, -0.2) is 0 Å². The van der Waals surface area contributed by atoms with E-state index >= 15 is 0 Å². The van der Waals surface area contributed by atoms with E-state index in [1.54, 1.807) is 4.90 Å². The minimum atomic E-state index is -0.464. The second-order valence-corrected chi connectivity index (χ2v) is 5.94. The molecule has 0 aliphatic carbocycles. The first-order valence-electron chi connectivity index (χ1n) is 7.50. The molecule has 0 saturated heterocycles. The molecule has 1 aliphatic heterocycles. The Morgan fingerprint density at radius 3 is 2.73 bits per heavy atom. The highest BCUT2D eigenvalue weighted by Crippen LogP contribution is 2.37. The minimum absolute atomic E-state index is 0.0166. The smallest absolute Gasteiger partial charge is 0.256 e. The SMILES string of the molecule is CN(C)CCCN1C(=O)c2c(ccc3ccccc23)C1C#N. The number of rotatable bonds is 4. The molecule has 0 fully saturated rings. The van der Waals surface area contributed by atoms with Gasteiger partial charge >= 0.3 is 0 Å². The maximum atomic E-state index is 12.8. The predicted octanol–water partition coefficient (Wildman–Crippen LogP) is 2.81. The van der Waals surface area contributed by atoms with Crippen molar-refractivity contribution >= 4 is 16.7 Å². The average Bonchev–Trinajstić information content (AvgIpc) is 2.79. The summed E-state index contributed by atoms with van der Waals surface area (Å²) in [4.78, 5) is 16.6. The van der Waals surface area contributed by atoms with E-state index < -0.39 is 6.04 Å². The minimum Gasteiger partial charge on any atom is -0.318 e. The van der Waals surface area contributed by atoms with Crippen LogP contribution in [-0.4, -0.2) is 42.9 Å². The average molecular weight is 293 g/mol. The van der Waals surface area contributed by atoms with Gasteiger partial charge < -0.3 is 9.80 Å². The lowest BCUT2D eigenvalue weighted by atomic mass is 9.98. The molecular formula is C18H19N3O. The zero-order chi connectivity index (χ0) is 15.7. The highest BCUT2D eigenvalue weighted by Gasteiger charge is 2.37. The molecule has 4 nitrogen and oxygen atoms in total. The zero-order valence-corrected chi connectivity index (χ0v) is 12.9. The third-order valence-corrected chi connectivity index (χ3v) is 4.17. The summed E-state index contributed by atoms with van der Waals surface area (Å²) in [5.74, 6) is -0.0166. The number of nitriles is 1. The quantitative estimate of drug-likeness (QED) is 0.871. The summed E-state index contributed by atoms with van der Waals surface area (Å²) in [6.45, 7) is 1.51. The summed E-state index contributed by atoms with van der Waals surface area (Å²) in [6.07, 6.45) is 0.864. The Labute approximate surface area is 130 Å². The number of fused-ring (bicyclic) bond motifs is 3. The second kappa shape index (κ2) is 5.78. The van der Waals surface area contributed by atoms with Crippen LogP contribution in [-0.2, 0) is 0 Å². The van der Waals surface area contributed by atoms with Gasteiger partial charge in [0.1, 0.15) is 6.04 Å². The van der Waals surface area contributed by atoms with Gasteiger partial charge in [-0.1, -0.05) is 36.4 Å². The number of hydrogen-bond donors (Lipinski definition) is 0. The molecule has 22 heavy (non-hydrogen) atoms. The van der Waals surface area contributed by atoms with Crippen LogP contribution in [0.2, 0.25) is 0 Å². The van der Waals surface area contributed by atoms with Crippen LogP contribution in [0.1, 0.15) is 28.4 Å². The standard InChI is InChI=1S/C18H19N3O/c1-20(2)10-5-11-21-16(12-19)15-9-8-13-6-3-4-7-14(13)17(15)18(21)22/h3-4,6-9,16H,5,10-11H2,1-2H3. The summed E-state index contributed by atoms with van der Waals surface area (Å²) < 4.78 is 0. The van der Waals surface area contributed by atoms with Crippen LogP contribution in [0.15, 0.2) is 36.4 Å². The molecule has 3 rings (SSSR count). The fourth-order valence-electron chi connectivity index (χ4n) is 3.11. The van der Waals surface area contributed by atoms with E-state index in [0.717, 1.165) is 29.3 Å². The fraction of sp³-hybridized carbons (Fsp3) is 0.333. The molecule has 2 aromatic rings. The highest BCUT2D eigenvalue weighted by molar-refractivity contribution is 6.11. The fourth-order valence-corrected chi connectivity index (χ4v) is 3.11. The van der Waals surface area contributed by atoms with Crippen molar-refractivity contribution < 1.29 is 4.79 Å². The van der Waals surface area contributed by atoms with E-state index in [2.05, 4.69) is 11.0 Å². The summed E-state index contributed by atoms with van der Waals surface area (Å²) >= 11 is 0. The number of hydrogen-bond acceptors (Lipinski definition) is 3. The van der Waals surface area contributed by atoms with E-state index in [1.807, 2.05) is 50.5 Å². The third kappa shape index (κ3) is 2.34. The first-order chi connectivity index (χ1) is 10.6. The largest absolute Gasteiger partial charge is 0.318 e. The van der Waals surface area contributed by atoms with Gasteiger partial charge in [0.15, 0.2) is 0 Å². The van der Waals surface area contributed by atoms with Crippen molar-refractivity contribution in [1.82, 2.24) is 9.80 Å². The first-order valence-corrected chi connectivity index (χ1v) is 7.50. The van der Waals surface area contributed by atoms with Gasteiger partial charge in [-0.05, 0) is 37.8 Å². The summed E-state index contributed by atoms with van der Waals surface area (Å²) in [5.41, 5.74) is 1.55. The molecule has 0 N–H and O–H groups in total. The molecule has 0 radical (unpaired) electrons. The van der Waals surface area contributed by atoms with Gasteiger partial charge in [-0.3, -0.25) is 4.79 Å². The van der Waals surface area contributed by atoms with Crippen LogP contribution in [0.5, 0.6) is 0 Å². The Balaban J connectivity index is 1.98. The second-order valence-electron chi connectivity index (χ2n) is 5.94. The third-order valence-electron chi connectivity index (χ3n) is 4.17. The number of carbonyl (C=O) groups is 1. The van der Waals surface area contributed by atoms with Gasteiger partial charge in [-0.15, -0.1) is 0 Å². The van der Waals surface area contributed by atoms with Crippen molar-refractivity contribution in [3.63, 3.8) is 0 Å². The van der Waals surface area contributed by atoms with Crippen molar-refractivity contribution in [2.24, 2.45) is 0 Å². The van der Waals surface area contributed by atoms with Crippen LogP contribution in [0.3, 0.4) is 0 Å². The Hall–Kier alpha value is -2.38. The van der Waals surface area contributed by atoms with Gasteiger partial charge in [0.25, 0.3) is 5.91 Å². The Morgan fingerprint density at radius 2 is 2.00 bits per heavy atom. The number of nitrogens with zero attached hydrogens (tertiary/aromatic N) is 3. The molecule has 0 aromatic heterocycles. The van der Waals surface area contributed by atoms with Crippen LogP contribution in [0, 0.1) is 11.3 Å². The van der Waals surface area contributed by atoms with Crippen molar-refractivity contribution in [1.29, 1.82) is 5.26 Å². The summed E-state index contributed by atoms with van der Waals surface area (Å²) in [6, 6.07) is 13.6. The van der Waals surface area contributed by atoms with Crippen LogP contribution >= 0.6 is 0 Å². The summed E-state index contributed by atoms with van der Waals surface area (Å²) in [5, 5.41) is 11.5. The van der Waals surface area contributed by atoms with Crippen molar-refractivity contribution in [2.45, 2.75) is 12.5 Å². The molecule has 0 bridgehead atoms.